The fourth-order valence-corrected chi connectivity index (χ4v) is 2.24. The van der Waals surface area contributed by atoms with Crippen LogP contribution in [-0.4, -0.2) is 15.9 Å². The van der Waals surface area contributed by atoms with Gasteiger partial charge in [0.2, 0.25) is 0 Å². The van der Waals surface area contributed by atoms with E-state index in [2.05, 4.69) is 20.3 Å². The third-order valence-electron chi connectivity index (χ3n) is 2.37. The number of guanidine groups is 1. The predicted molar refractivity (Wildman–Crippen MR) is 81.4 cm³/mol. The van der Waals surface area contributed by atoms with Crippen molar-refractivity contribution in [1.82, 2.24) is 9.97 Å². The third-order valence-corrected chi connectivity index (χ3v) is 2.81. The molecule has 0 radical (unpaired) electrons. The summed E-state index contributed by atoms with van der Waals surface area (Å²) in [6, 6.07) is 6.95. The maximum Gasteiger partial charge on any atom is 0.354 e. The van der Waals surface area contributed by atoms with E-state index in [0.717, 1.165) is 11.4 Å². The van der Waals surface area contributed by atoms with Crippen molar-refractivity contribution >= 4 is 40.8 Å². The smallest absolute Gasteiger partial charge is 0.322 e. The molecule has 0 bridgehead atoms. The van der Waals surface area contributed by atoms with Crippen LogP contribution in [0.25, 0.3) is 0 Å². The van der Waals surface area contributed by atoms with Crippen LogP contribution >= 0.6 is 23.2 Å². The molecule has 0 fully saturated rings. The van der Waals surface area contributed by atoms with E-state index >= 15 is 0 Å². The molecule has 0 aliphatic heterocycles. The van der Waals surface area contributed by atoms with Crippen LogP contribution < -0.4 is 16.0 Å². The molecule has 20 heavy (non-hydrogen) atoms. The van der Waals surface area contributed by atoms with Crippen LogP contribution in [0.3, 0.4) is 0 Å². The average molecular weight is 311 g/mol. The molecule has 1 heterocycles. The summed E-state index contributed by atoms with van der Waals surface area (Å²) >= 11 is 11.8. The third kappa shape index (κ3) is 4.08. The van der Waals surface area contributed by atoms with Crippen molar-refractivity contribution < 1.29 is 4.99 Å². The van der Waals surface area contributed by atoms with E-state index in [1.165, 1.54) is 0 Å². The highest BCUT2D eigenvalue weighted by atomic mass is 35.5. The van der Waals surface area contributed by atoms with Gasteiger partial charge in [0.1, 0.15) is 0 Å². The fourth-order valence-electron chi connectivity index (χ4n) is 1.72. The minimum Gasteiger partial charge on any atom is -0.322 e. The maximum absolute atomic E-state index is 5.92. The Morgan fingerprint density at radius 2 is 1.60 bits per heavy atom. The van der Waals surface area contributed by atoms with E-state index in [0.29, 0.717) is 21.7 Å². The number of halogens is 2. The van der Waals surface area contributed by atoms with Crippen molar-refractivity contribution in [2.75, 3.05) is 5.32 Å². The van der Waals surface area contributed by atoms with Gasteiger partial charge in [0.25, 0.3) is 5.96 Å². The summed E-state index contributed by atoms with van der Waals surface area (Å²) in [6.45, 7) is 3.78. The largest absolute Gasteiger partial charge is 0.354 e. The van der Waals surface area contributed by atoms with Crippen molar-refractivity contribution in [2.45, 2.75) is 13.8 Å². The van der Waals surface area contributed by atoms with Gasteiger partial charge in [-0.05, 0) is 32.0 Å². The molecule has 0 aliphatic rings. The second kappa shape index (κ2) is 6.07. The zero-order valence-electron chi connectivity index (χ0n) is 11.0. The van der Waals surface area contributed by atoms with E-state index in [9.17, 15) is 0 Å². The fraction of sp³-hybridized carbons (Fsp3) is 0.154. The van der Waals surface area contributed by atoms with Crippen LogP contribution in [0.2, 0.25) is 10.0 Å². The lowest BCUT2D eigenvalue weighted by Gasteiger charge is -2.03. The lowest BCUT2D eigenvalue weighted by molar-refractivity contribution is -0.365. The van der Waals surface area contributed by atoms with Crippen molar-refractivity contribution in [3.05, 3.63) is 45.7 Å². The lowest BCUT2D eigenvalue weighted by atomic mass is 10.3. The van der Waals surface area contributed by atoms with Gasteiger partial charge in [0.15, 0.2) is 0 Å². The number of nitrogens with zero attached hydrogens (tertiary/aromatic N) is 2. The van der Waals surface area contributed by atoms with Gasteiger partial charge >= 0.3 is 5.95 Å². The number of hydrogen-bond donors (Lipinski definition) is 3. The second-order valence-electron chi connectivity index (χ2n) is 4.30. The summed E-state index contributed by atoms with van der Waals surface area (Å²) in [5, 5.41) is 3.99. The average Bonchev–Trinajstić information content (AvgIpc) is 2.24. The normalized spacial score (nSPS) is 11.5. The summed E-state index contributed by atoms with van der Waals surface area (Å²) < 4.78 is 0. The van der Waals surface area contributed by atoms with Gasteiger partial charge in [-0.2, -0.15) is 0 Å². The highest BCUT2D eigenvalue weighted by Crippen LogP contribution is 2.21. The van der Waals surface area contributed by atoms with Crippen molar-refractivity contribution in [3.8, 4) is 0 Å². The van der Waals surface area contributed by atoms with E-state index in [-0.39, 0.29) is 5.96 Å². The van der Waals surface area contributed by atoms with E-state index in [1.807, 2.05) is 19.9 Å². The molecule has 5 nitrogen and oxygen atoms in total. The Kier molecular flexibility index (Phi) is 4.42. The van der Waals surface area contributed by atoms with Gasteiger partial charge in [0.05, 0.1) is 17.1 Å². The number of nitrogens with one attached hydrogen (secondary N) is 2. The summed E-state index contributed by atoms with van der Waals surface area (Å²) in [5.41, 5.74) is 8.26. The first-order chi connectivity index (χ1) is 9.42. The molecular weight excluding hydrogens is 297 g/mol. The summed E-state index contributed by atoms with van der Waals surface area (Å²) in [5.74, 6) is 0.717. The summed E-state index contributed by atoms with van der Waals surface area (Å²) in [4.78, 5) is 11.4. The number of nitrogens with two attached hydrogens (primary N) is 1. The molecule has 7 heteroatoms. The van der Waals surface area contributed by atoms with Gasteiger partial charge in [-0.1, -0.05) is 23.2 Å². The lowest BCUT2D eigenvalue weighted by Crippen LogP contribution is -2.72. The van der Waals surface area contributed by atoms with Crippen LogP contribution in [-0.2, 0) is 0 Å². The van der Waals surface area contributed by atoms with Gasteiger partial charge in [0, 0.05) is 16.1 Å². The SMILES string of the molecule is Cc1cc(C)nc([NH+]=C(N)Nc2cc(Cl)cc(Cl)c2)n1. The number of rotatable bonds is 2. The van der Waals surface area contributed by atoms with E-state index in [4.69, 9.17) is 28.9 Å². The number of hydrogen-bond acceptors (Lipinski definition) is 2. The van der Waals surface area contributed by atoms with Crippen LogP contribution in [0.4, 0.5) is 11.6 Å². The van der Waals surface area contributed by atoms with Gasteiger partial charge in [-0.15, -0.1) is 9.97 Å². The molecule has 0 saturated carbocycles. The standard InChI is InChI=1S/C13H13Cl2N5/c1-7-3-8(2)18-13(17-7)20-12(16)19-11-5-9(14)4-10(15)6-11/h3-6H,1-2H3,(H3,16,17,18,19,20)/p+1. The molecule has 0 unspecified atom stereocenters. The number of benzene rings is 1. The minimum atomic E-state index is 0.285. The summed E-state index contributed by atoms with van der Waals surface area (Å²) in [6.07, 6.45) is 0. The quantitative estimate of drug-likeness (QED) is 0.581. The van der Waals surface area contributed by atoms with E-state index < -0.39 is 0 Å². The Balaban J connectivity index is 2.22. The number of aryl methyl sites for hydroxylation is 2. The zero-order chi connectivity index (χ0) is 14.7. The highest BCUT2D eigenvalue weighted by Gasteiger charge is 2.06. The van der Waals surface area contributed by atoms with Gasteiger partial charge in [-0.25, -0.2) is 4.99 Å². The first-order valence-corrected chi connectivity index (χ1v) is 6.63. The molecule has 0 aliphatic carbocycles. The first-order valence-electron chi connectivity index (χ1n) is 5.87. The van der Waals surface area contributed by atoms with Crippen molar-refractivity contribution in [2.24, 2.45) is 5.73 Å². The minimum absolute atomic E-state index is 0.285. The van der Waals surface area contributed by atoms with Crippen molar-refractivity contribution in [1.29, 1.82) is 0 Å². The highest BCUT2D eigenvalue weighted by molar-refractivity contribution is 6.35. The molecule has 104 valence electrons. The zero-order valence-corrected chi connectivity index (χ0v) is 12.5. The second-order valence-corrected chi connectivity index (χ2v) is 5.17. The molecule has 1 aromatic heterocycles. The van der Waals surface area contributed by atoms with Gasteiger partial charge in [-0.3, -0.25) is 5.32 Å². The topological polar surface area (TPSA) is 77.8 Å². The van der Waals surface area contributed by atoms with Crippen LogP contribution in [0.1, 0.15) is 11.4 Å². The molecular formula is C13H14Cl2N5+. The Labute approximate surface area is 126 Å². The Hall–Kier alpha value is -1.85. The monoisotopic (exact) mass is 310 g/mol. The molecule has 4 N–H and O–H groups in total. The first kappa shape index (κ1) is 14.6. The Bertz CT molecular complexity index is 629. The van der Waals surface area contributed by atoms with E-state index in [1.54, 1.807) is 18.2 Å². The molecule has 2 rings (SSSR count). The van der Waals surface area contributed by atoms with Crippen molar-refractivity contribution in [3.63, 3.8) is 0 Å². The van der Waals surface area contributed by atoms with Gasteiger partial charge < -0.3 is 5.73 Å². The predicted octanol–water partition coefficient (Wildman–Crippen LogP) is 1.54. The maximum atomic E-state index is 5.92. The molecule has 0 atom stereocenters. The molecule has 2 aromatic rings. The molecule has 0 amide bonds. The molecule has 0 spiro atoms. The number of aromatic nitrogens is 2. The van der Waals surface area contributed by atoms with Crippen LogP contribution in [0.5, 0.6) is 0 Å². The molecule has 0 saturated heterocycles. The molecule has 1 aromatic carbocycles. The van der Waals surface area contributed by atoms with Crippen LogP contribution in [0, 0.1) is 13.8 Å². The Morgan fingerprint density at radius 3 is 2.15 bits per heavy atom. The number of anilines is 1. The summed E-state index contributed by atoms with van der Waals surface area (Å²) in [7, 11) is 0. The Morgan fingerprint density at radius 1 is 1.05 bits per heavy atom. The van der Waals surface area contributed by atoms with Crippen LogP contribution in [0.15, 0.2) is 24.3 Å².